The number of rotatable bonds is 7. The average molecular weight is 669 g/mol. The summed E-state index contributed by atoms with van der Waals surface area (Å²) in [6.45, 7) is 0.822. The molecule has 1 unspecified atom stereocenters. The van der Waals surface area contributed by atoms with Crippen molar-refractivity contribution in [2.45, 2.75) is 31.5 Å². The maximum atomic E-state index is 14.4. The Morgan fingerprint density at radius 1 is 1.06 bits per heavy atom. The lowest BCUT2D eigenvalue weighted by molar-refractivity contribution is -0.120. The number of carbonyl (C=O) groups excluding carboxylic acids is 3. The number of methoxy groups -OCH3 is 1. The van der Waals surface area contributed by atoms with E-state index in [2.05, 4.69) is 32.4 Å². The molecule has 1 atom stereocenters. The number of anilines is 1. The minimum absolute atomic E-state index is 0.101. The van der Waals surface area contributed by atoms with Crippen molar-refractivity contribution < 1.29 is 33.4 Å². The number of amides is 4. The molecule has 3 N–H and O–H groups in total. The molecule has 12 nitrogen and oxygen atoms in total. The van der Waals surface area contributed by atoms with Crippen molar-refractivity contribution in [1.82, 2.24) is 25.1 Å². The minimum atomic E-state index is -1.21. The Hall–Kier alpha value is -5.81. The van der Waals surface area contributed by atoms with Crippen LogP contribution in [-0.4, -0.2) is 74.9 Å². The zero-order valence-corrected chi connectivity index (χ0v) is 26.4. The van der Waals surface area contributed by atoms with Gasteiger partial charge in [-0.1, -0.05) is 17.9 Å². The van der Waals surface area contributed by atoms with Gasteiger partial charge in [-0.2, -0.15) is 0 Å². The van der Waals surface area contributed by atoms with Crippen LogP contribution < -0.4 is 15.4 Å². The second-order valence-electron chi connectivity index (χ2n) is 11.1. The Kier molecular flexibility index (Phi) is 9.31. The maximum Gasteiger partial charge on any atom is 0.407 e. The van der Waals surface area contributed by atoms with Crippen molar-refractivity contribution in [3.63, 3.8) is 0 Å². The number of thiazole rings is 1. The largest absolute Gasteiger partial charge is 0.496 e. The number of fused-ring (bicyclic) bond motifs is 1. The van der Waals surface area contributed by atoms with Crippen LogP contribution in [0.4, 0.5) is 14.3 Å². The number of benzene rings is 2. The van der Waals surface area contributed by atoms with Crippen LogP contribution in [0.2, 0.25) is 0 Å². The Morgan fingerprint density at radius 2 is 1.83 bits per heavy atom. The van der Waals surface area contributed by atoms with Gasteiger partial charge in [0.1, 0.15) is 23.3 Å². The maximum absolute atomic E-state index is 14.4. The third-order valence-electron chi connectivity index (χ3n) is 8.10. The van der Waals surface area contributed by atoms with Crippen molar-refractivity contribution in [3.8, 4) is 17.6 Å². The van der Waals surface area contributed by atoms with E-state index in [1.807, 2.05) is 0 Å². The predicted molar refractivity (Wildman–Crippen MR) is 173 cm³/mol. The van der Waals surface area contributed by atoms with Gasteiger partial charge in [0, 0.05) is 65.7 Å². The second-order valence-corrected chi connectivity index (χ2v) is 12.0. The first-order valence-corrected chi connectivity index (χ1v) is 15.8. The molecule has 2 aliphatic heterocycles. The standard InChI is InChI=1S/C34H29FN6O6S/c1-47-28-9-7-23(35)17-26(28)29(31(43)39-33-36-12-15-48-33)41-19-22-6-4-20(16-25(22)32(41)44)2-3-21-5-8-27(37-18-21)30(42)38-24-10-13-40(14-11-24)34(45)46/h4-9,12,15-18,24,29H,10-11,13-14,19H2,1H3,(H,38,42)(H,45,46)(H,36,39,43). The van der Waals surface area contributed by atoms with E-state index in [1.54, 1.807) is 35.7 Å². The number of piperidine rings is 1. The van der Waals surface area contributed by atoms with Gasteiger partial charge in [0.15, 0.2) is 5.13 Å². The van der Waals surface area contributed by atoms with Crippen LogP contribution in [-0.2, 0) is 11.3 Å². The van der Waals surface area contributed by atoms with Crippen LogP contribution in [0.3, 0.4) is 0 Å². The van der Waals surface area contributed by atoms with E-state index in [0.717, 1.165) is 0 Å². The molecule has 0 radical (unpaired) electrons. The van der Waals surface area contributed by atoms with Gasteiger partial charge in [0.05, 0.1) is 7.11 Å². The number of pyridine rings is 1. The SMILES string of the molecule is COc1ccc(F)cc1C(C(=O)Nc1nccs1)N1Cc2ccc(C#Cc3ccc(C(=O)NC4CCN(C(=O)O)CC4)nc3)cc2C1=O. The molecule has 1 fully saturated rings. The molecule has 2 aliphatic rings. The van der Waals surface area contributed by atoms with Crippen molar-refractivity contribution in [3.05, 3.63) is 106 Å². The third kappa shape index (κ3) is 6.96. The summed E-state index contributed by atoms with van der Waals surface area (Å²) in [6.07, 6.45) is 3.11. The van der Waals surface area contributed by atoms with Gasteiger partial charge < -0.3 is 25.0 Å². The molecule has 2 aromatic carbocycles. The van der Waals surface area contributed by atoms with Gasteiger partial charge in [0.25, 0.3) is 17.7 Å². The molecular weight excluding hydrogens is 639 g/mol. The van der Waals surface area contributed by atoms with Crippen molar-refractivity contribution >= 4 is 40.3 Å². The van der Waals surface area contributed by atoms with Gasteiger partial charge in [-0.05, 0) is 60.9 Å². The topological polar surface area (TPSA) is 154 Å². The normalized spacial score (nSPS) is 14.8. The summed E-state index contributed by atoms with van der Waals surface area (Å²) in [5.41, 5.74) is 2.55. The van der Waals surface area contributed by atoms with Crippen LogP contribution in [0.15, 0.2) is 66.3 Å². The Morgan fingerprint density at radius 3 is 2.52 bits per heavy atom. The minimum Gasteiger partial charge on any atom is -0.496 e. The zero-order chi connectivity index (χ0) is 33.8. The molecule has 14 heteroatoms. The van der Waals surface area contributed by atoms with Crippen LogP contribution in [0.1, 0.15) is 62.0 Å². The van der Waals surface area contributed by atoms with Gasteiger partial charge in [0.2, 0.25) is 0 Å². The molecule has 4 amide bonds. The average Bonchev–Trinajstić information content (AvgIpc) is 3.72. The van der Waals surface area contributed by atoms with E-state index >= 15 is 0 Å². The number of hydrogen-bond donors (Lipinski definition) is 3. The van der Waals surface area contributed by atoms with E-state index in [4.69, 9.17) is 9.84 Å². The fourth-order valence-electron chi connectivity index (χ4n) is 5.66. The first-order chi connectivity index (χ1) is 23.2. The lowest BCUT2D eigenvalue weighted by atomic mass is 10.0. The number of carboxylic acid groups (broad SMARTS) is 1. The summed E-state index contributed by atoms with van der Waals surface area (Å²) in [6, 6.07) is 10.9. The molecule has 0 aliphatic carbocycles. The molecular formula is C34H29FN6O6S. The zero-order valence-electron chi connectivity index (χ0n) is 25.6. The number of nitrogens with one attached hydrogen (secondary N) is 2. The predicted octanol–water partition coefficient (Wildman–Crippen LogP) is 4.29. The third-order valence-corrected chi connectivity index (χ3v) is 8.79. The number of nitrogens with zero attached hydrogens (tertiary/aromatic N) is 4. The molecule has 4 aromatic rings. The number of carbonyl (C=O) groups is 4. The number of likely N-dealkylation sites (tertiary alicyclic amines) is 1. The highest BCUT2D eigenvalue weighted by atomic mass is 32.1. The fraction of sp³-hybridized carbons (Fsp3) is 0.235. The smallest absolute Gasteiger partial charge is 0.407 e. The first-order valence-electron chi connectivity index (χ1n) is 14.9. The van der Waals surface area contributed by atoms with E-state index in [-0.39, 0.29) is 35.5 Å². The van der Waals surface area contributed by atoms with Crippen LogP contribution in [0, 0.1) is 17.7 Å². The van der Waals surface area contributed by atoms with Crippen LogP contribution >= 0.6 is 11.3 Å². The van der Waals surface area contributed by atoms with Crippen molar-refractivity contribution in [2.24, 2.45) is 0 Å². The van der Waals surface area contributed by atoms with Gasteiger partial charge >= 0.3 is 6.09 Å². The highest BCUT2D eigenvalue weighted by Gasteiger charge is 2.39. The molecule has 0 saturated carbocycles. The highest BCUT2D eigenvalue weighted by Crippen LogP contribution is 2.37. The molecule has 6 rings (SSSR count). The monoisotopic (exact) mass is 668 g/mol. The number of halogens is 1. The Balaban J connectivity index is 1.17. The molecule has 1 saturated heterocycles. The Bertz CT molecular complexity index is 1930. The summed E-state index contributed by atoms with van der Waals surface area (Å²) in [7, 11) is 1.41. The lowest BCUT2D eigenvalue weighted by Crippen LogP contribution is -2.46. The van der Waals surface area contributed by atoms with Gasteiger partial charge in [-0.15, -0.1) is 11.3 Å². The van der Waals surface area contributed by atoms with Crippen molar-refractivity contribution in [2.75, 3.05) is 25.5 Å². The number of ether oxygens (including phenoxy) is 1. The van der Waals surface area contributed by atoms with E-state index in [1.165, 1.54) is 58.8 Å². The lowest BCUT2D eigenvalue weighted by Gasteiger charge is -2.30. The highest BCUT2D eigenvalue weighted by molar-refractivity contribution is 7.13. The van der Waals surface area contributed by atoms with Gasteiger partial charge in [-0.25, -0.2) is 19.2 Å². The van der Waals surface area contributed by atoms with E-state index in [9.17, 15) is 23.6 Å². The summed E-state index contributed by atoms with van der Waals surface area (Å²) in [5.74, 6) is 4.35. The van der Waals surface area contributed by atoms with Crippen LogP contribution in [0.5, 0.6) is 5.75 Å². The summed E-state index contributed by atoms with van der Waals surface area (Å²) in [5, 5.41) is 16.8. The molecule has 0 bridgehead atoms. The number of hydrogen-bond acceptors (Lipinski definition) is 8. The molecule has 244 valence electrons. The Labute approximate surface area is 278 Å². The van der Waals surface area contributed by atoms with Gasteiger partial charge in [-0.3, -0.25) is 19.7 Å². The molecule has 0 spiro atoms. The van der Waals surface area contributed by atoms with Crippen LogP contribution in [0.25, 0.3) is 0 Å². The fourth-order valence-corrected chi connectivity index (χ4v) is 6.19. The summed E-state index contributed by atoms with van der Waals surface area (Å²) in [4.78, 5) is 62.2. The second kappa shape index (κ2) is 13.9. The molecule has 4 heterocycles. The molecule has 2 aromatic heterocycles. The summed E-state index contributed by atoms with van der Waals surface area (Å²) >= 11 is 1.21. The summed E-state index contributed by atoms with van der Waals surface area (Å²) < 4.78 is 19.9. The first kappa shape index (κ1) is 32.1. The van der Waals surface area contributed by atoms with E-state index in [0.29, 0.717) is 53.3 Å². The van der Waals surface area contributed by atoms with E-state index < -0.39 is 29.8 Å². The number of aromatic nitrogens is 2. The van der Waals surface area contributed by atoms with Crippen molar-refractivity contribution in [1.29, 1.82) is 0 Å². The quantitative estimate of drug-likeness (QED) is 0.247. The molecule has 48 heavy (non-hydrogen) atoms.